The fraction of sp³-hybridized carbons (Fsp3) is 0.417. The Morgan fingerprint density at radius 2 is 1.83 bits per heavy atom. The zero-order valence-corrected chi connectivity index (χ0v) is 28.5. The number of carbonyl (C=O) groups is 2. The number of benzene rings is 3. The second-order valence-corrected chi connectivity index (χ2v) is 14.8. The summed E-state index contributed by atoms with van der Waals surface area (Å²) in [4.78, 5) is 30.4. The van der Waals surface area contributed by atoms with E-state index in [1.165, 1.54) is 49.6 Å². The summed E-state index contributed by atoms with van der Waals surface area (Å²) in [6.45, 7) is 9.99. The van der Waals surface area contributed by atoms with Crippen LogP contribution < -0.4 is 9.64 Å². The number of fused-ring (bicyclic) bond motifs is 1. The molecule has 2 heterocycles. The Balaban J connectivity index is 1.88. The van der Waals surface area contributed by atoms with Gasteiger partial charge in [0, 0.05) is 22.5 Å². The van der Waals surface area contributed by atoms with Crippen LogP contribution in [0.3, 0.4) is 0 Å². The third kappa shape index (κ3) is 5.85. The van der Waals surface area contributed by atoms with Gasteiger partial charge in [-0.3, -0.25) is 14.6 Å². The molecule has 7 nitrogen and oxygen atoms in total. The summed E-state index contributed by atoms with van der Waals surface area (Å²) >= 11 is 12.5. The number of carbonyl (C=O) groups excluding carboxylic acids is 1. The van der Waals surface area contributed by atoms with Crippen LogP contribution in [-0.2, 0) is 10.2 Å². The number of halogens is 4. The SMILES string of the molecule is COc1cc(C(=O)O)ccc1N1C(=O)[C@H]2[C@H](c3cccc(Cl)c3F)[C@@](C#N)(c3ccc(Cl)cc3F)[C@H](CC(C)(C)C)N2[C@@H]1CC(C)C. The van der Waals surface area contributed by atoms with Gasteiger partial charge in [0.1, 0.15) is 28.8 Å². The third-order valence-electron chi connectivity index (χ3n) is 9.20. The van der Waals surface area contributed by atoms with Crippen LogP contribution in [0, 0.1) is 34.3 Å². The molecule has 5 atom stereocenters. The molecule has 2 fully saturated rings. The number of hydrogen-bond donors (Lipinski definition) is 1. The molecule has 11 heteroatoms. The molecule has 2 aliphatic heterocycles. The van der Waals surface area contributed by atoms with Gasteiger partial charge in [-0.15, -0.1) is 0 Å². The molecule has 2 saturated heterocycles. The van der Waals surface area contributed by atoms with E-state index in [9.17, 15) is 15.2 Å². The lowest BCUT2D eigenvalue weighted by molar-refractivity contribution is -0.119. The maximum absolute atomic E-state index is 16.3. The monoisotopic (exact) mass is 683 g/mol. The Kier molecular flexibility index (Phi) is 9.37. The Bertz CT molecular complexity index is 1770. The molecule has 0 aliphatic carbocycles. The summed E-state index contributed by atoms with van der Waals surface area (Å²) in [5, 5.41) is 20.9. The number of methoxy groups -OCH3 is 1. The van der Waals surface area contributed by atoms with Gasteiger partial charge in [-0.25, -0.2) is 13.6 Å². The minimum absolute atomic E-state index is 0.0171. The molecule has 0 saturated carbocycles. The van der Waals surface area contributed by atoms with Crippen molar-refractivity contribution < 1.29 is 28.2 Å². The first-order valence-corrected chi connectivity index (χ1v) is 16.2. The van der Waals surface area contributed by atoms with Gasteiger partial charge in [0.2, 0.25) is 5.91 Å². The molecule has 3 aromatic rings. The van der Waals surface area contributed by atoms with E-state index in [0.717, 1.165) is 6.07 Å². The lowest BCUT2D eigenvalue weighted by Gasteiger charge is -2.43. The van der Waals surface area contributed by atoms with E-state index in [4.69, 9.17) is 27.9 Å². The van der Waals surface area contributed by atoms with Gasteiger partial charge in [-0.1, -0.05) is 76.0 Å². The van der Waals surface area contributed by atoms with Crippen LogP contribution in [0.2, 0.25) is 10.0 Å². The van der Waals surface area contributed by atoms with Gasteiger partial charge >= 0.3 is 5.97 Å². The van der Waals surface area contributed by atoms with Gasteiger partial charge < -0.3 is 9.84 Å². The highest BCUT2D eigenvalue weighted by Crippen LogP contribution is 2.60. The largest absolute Gasteiger partial charge is 0.495 e. The van der Waals surface area contributed by atoms with Crippen LogP contribution >= 0.6 is 23.2 Å². The highest BCUT2D eigenvalue weighted by molar-refractivity contribution is 6.31. The van der Waals surface area contributed by atoms with Crippen molar-refractivity contribution in [2.24, 2.45) is 11.3 Å². The van der Waals surface area contributed by atoms with E-state index < -0.39 is 58.5 Å². The lowest BCUT2D eigenvalue weighted by atomic mass is 9.62. The Labute approximate surface area is 283 Å². The number of carboxylic acids is 1. The third-order valence-corrected chi connectivity index (χ3v) is 9.73. The van der Waals surface area contributed by atoms with Crippen molar-refractivity contribution in [3.8, 4) is 11.8 Å². The number of ether oxygens (including phenoxy) is 1. The van der Waals surface area contributed by atoms with Crippen molar-refractivity contribution in [2.75, 3.05) is 12.0 Å². The number of amides is 1. The van der Waals surface area contributed by atoms with Gasteiger partial charge in [-0.05, 0) is 66.1 Å². The number of hydrogen-bond acceptors (Lipinski definition) is 5. The zero-order valence-electron chi connectivity index (χ0n) is 27.0. The first-order chi connectivity index (χ1) is 22.1. The van der Waals surface area contributed by atoms with Crippen molar-refractivity contribution in [3.05, 3.63) is 93.0 Å². The second kappa shape index (κ2) is 12.7. The topological polar surface area (TPSA) is 93.9 Å². The molecule has 5 rings (SSSR count). The summed E-state index contributed by atoms with van der Waals surface area (Å²) in [6.07, 6.45) is 0.0878. The molecule has 0 spiro atoms. The molecule has 0 bridgehead atoms. The number of anilines is 1. The van der Waals surface area contributed by atoms with E-state index >= 15 is 13.6 Å². The molecular formula is C36H37Cl2F2N3O4. The quantitative estimate of drug-likeness (QED) is 0.256. The van der Waals surface area contributed by atoms with E-state index in [1.807, 2.05) is 39.5 Å². The number of carboxylic acid groups (broad SMARTS) is 1. The van der Waals surface area contributed by atoms with E-state index in [-0.39, 0.29) is 38.4 Å². The smallest absolute Gasteiger partial charge is 0.335 e. The predicted octanol–water partition coefficient (Wildman–Crippen LogP) is 8.43. The van der Waals surface area contributed by atoms with Crippen molar-refractivity contribution in [1.29, 1.82) is 5.26 Å². The van der Waals surface area contributed by atoms with Crippen molar-refractivity contribution >= 4 is 40.8 Å². The van der Waals surface area contributed by atoms with Crippen LogP contribution in [0.25, 0.3) is 0 Å². The number of nitrogens with zero attached hydrogens (tertiary/aromatic N) is 3. The molecule has 0 unspecified atom stereocenters. The summed E-state index contributed by atoms with van der Waals surface area (Å²) < 4.78 is 38.1. The van der Waals surface area contributed by atoms with Crippen molar-refractivity contribution in [2.45, 2.75) is 77.0 Å². The van der Waals surface area contributed by atoms with Gasteiger partial charge in [0.05, 0.1) is 35.6 Å². The van der Waals surface area contributed by atoms with E-state index in [1.54, 1.807) is 11.0 Å². The number of aromatic carboxylic acids is 1. The fourth-order valence-corrected chi connectivity index (χ4v) is 7.82. The summed E-state index contributed by atoms with van der Waals surface area (Å²) in [5.74, 6) is -4.13. The maximum atomic E-state index is 16.3. The first kappa shape index (κ1) is 34.6. The van der Waals surface area contributed by atoms with Crippen LogP contribution in [0.15, 0.2) is 54.6 Å². The van der Waals surface area contributed by atoms with E-state index in [0.29, 0.717) is 18.5 Å². The van der Waals surface area contributed by atoms with Crippen molar-refractivity contribution in [3.63, 3.8) is 0 Å². The molecule has 0 aromatic heterocycles. The summed E-state index contributed by atoms with van der Waals surface area (Å²) in [6, 6.07) is 13.3. The van der Waals surface area contributed by atoms with Crippen LogP contribution in [0.4, 0.5) is 14.5 Å². The highest BCUT2D eigenvalue weighted by atomic mass is 35.5. The minimum atomic E-state index is -1.76. The highest BCUT2D eigenvalue weighted by Gasteiger charge is 2.70. The molecule has 1 amide bonds. The zero-order chi connectivity index (χ0) is 34.6. The maximum Gasteiger partial charge on any atom is 0.335 e. The number of nitriles is 1. The average molecular weight is 685 g/mol. The first-order valence-electron chi connectivity index (χ1n) is 15.4. The van der Waals surface area contributed by atoms with Crippen molar-refractivity contribution in [1.82, 2.24) is 4.90 Å². The van der Waals surface area contributed by atoms with Crippen LogP contribution in [0.5, 0.6) is 5.75 Å². The Morgan fingerprint density at radius 3 is 2.40 bits per heavy atom. The van der Waals surface area contributed by atoms with Gasteiger partial charge in [0.15, 0.2) is 0 Å². The number of rotatable bonds is 8. The molecule has 248 valence electrons. The Morgan fingerprint density at radius 1 is 1.13 bits per heavy atom. The predicted molar refractivity (Wildman–Crippen MR) is 177 cm³/mol. The standard InChI is InChI=1S/C36H37Cl2F2N3O4/c1-19(2)14-29-42(26-13-10-20(34(45)46)15-27(26)47-6)33(44)32-30(22-8-7-9-24(38)31(22)40)36(18-41,23-12-11-21(37)16-25(23)39)28(43(29)32)17-35(3,4)5/h7-13,15-16,19,28-30,32H,14,17H2,1-6H3,(H,45,46)/t28-,29+,30-,32+,36-/m0/s1. The molecular weight excluding hydrogens is 647 g/mol. The summed E-state index contributed by atoms with van der Waals surface area (Å²) in [5.41, 5.74) is -1.84. The van der Waals surface area contributed by atoms with Crippen LogP contribution in [-0.4, -0.2) is 47.2 Å². The van der Waals surface area contributed by atoms with E-state index in [2.05, 4.69) is 6.07 Å². The normalized spacial score (nSPS) is 24.5. The second-order valence-electron chi connectivity index (χ2n) is 13.9. The molecule has 3 aromatic carbocycles. The minimum Gasteiger partial charge on any atom is -0.495 e. The lowest BCUT2D eigenvalue weighted by Crippen LogP contribution is -2.52. The van der Waals surface area contributed by atoms with Gasteiger partial charge in [0.25, 0.3) is 0 Å². The molecule has 2 aliphatic rings. The molecule has 0 radical (unpaired) electrons. The molecule has 47 heavy (non-hydrogen) atoms. The van der Waals surface area contributed by atoms with Gasteiger partial charge in [-0.2, -0.15) is 5.26 Å². The molecule has 1 N–H and O–H groups in total. The van der Waals surface area contributed by atoms with Crippen LogP contribution in [0.1, 0.15) is 74.9 Å². The average Bonchev–Trinajstić information content (AvgIpc) is 3.41. The summed E-state index contributed by atoms with van der Waals surface area (Å²) in [7, 11) is 1.39. The Hall–Kier alpha value is -3.71. The fourth-order valence-electron chi connectivity index (χ4n) is 7.48.